The van der Waals surface area contributed by atoms with Gasteiger partial charge in [-0.3, -0.25) is 14.9 Å². The Morgan fingerprint density at radius 1 is 1.29 bits per heavy atom. The Labute approximate surface area is 137 Å². The molecule has 0 saturated heterocycles. The van der Waals surface area contributed by atoms with Gasteiger partial charge in [-0.15, -0.1) is 0 Å². The minimum atomic E-state index is -0.623. The van der Waals surface area contributed by atoms with Crippen LogP contribution in [-0.2, 0) is 0 Å². The van der Waals surface area contributed by atoms with Gasteiger partial charge in [-0.25, -0.2) is 4.39 Å². The van der Waals surface area contributed by atoms with E-state index in [-0.39, 0.29) is 22.0 Å². The number of nitrogens with one attached hydrogen (secondary N) is 1. The molecule has 0 fully saturated rings. The number of carbonyl (C=O) groups is 1. The number of halogens is 3. The molecule has 0 aliphatic carbocycles. The molecule has 8 heteroatoms. The van der Waals surface area contributed by atoms with Crippen molar-refractivity contribution in [1.29, 1.82) is 0 Å². The van der Waals surface area contributed by atoms with Crippen molar-refractivity contribution in [1.82, 2.24) is 0 Å². The largest absolute Gasteiger partial charge is 0.316 e. The maximum absolute atomic E-state index is 13.0. The van der Waals surface area contributed by atoms with Crippen LogP contribution in [0.3, 0.4) is 0 Å². The van der Waals surface area contributed by atoms with Gasteiger partial charge in [0.2, 0.25) is 0 Å². The zero-order valence-electron chi connectivity index (χ0n) is 10.3. The average molecular weight is 421 g/mol. The number of anilines is 1. The quantitative estimate of drug-likeness (QED) is 0.458. The Kier molecular flexibility index (Phi) is 4.73. The highest BCUT2D eigenvalue weighted by atomic mass is 127. The molecule has 2 rings (SSSR count). The van der Waals surface area contributed by atoms with Gasteiger partial charge in [0.1, 0.15) is 11.5 Å². The summed E-state index contributed by atoms with van der Waals surface area (Å²) in [5, 5.41) is 13.6. The second-order valence-electron chi connectivity index (χ2n) is 4.00. The van der Waals surface area contributed by atoms with E-state index in [2.05, 4.69) is 5.32 Å². The van der Waals surface area contributed by atoms with Crippen LogP contribution in [0.15, 0.2) is 36.4 Å². The summed E-state index contributed by atoms with van der Waals surface area (Å²) < 4.78 is 13.4. The lowest BCUT2D eigenvalue weighted by atomic mass is 10.2. The number of rotatable bonds is 3. The van der Waals surface area contributed by atoms with Gasteiger partial charge in [0, 0.05) is 14.7 Å². The van der Waals surface area contributed by atoms with E-state index in [1.54, 1.807) is 0 Å². The van der Waals surface area contributed by atoms with Crippen LogP contribution in [0.2, 0.25) is 5.02 Å². The molecule has 0 unspecified atom stereocenters. The zero-order valence-corrected chi connectivity index (χ0v) is 13.2. The third-order valence-electron chi connectivity index (χ3n) is 2.58. The second kappa shape index (κ2) is 6.35. The maximum Gasteiger partial charge on any atom is 0.292 e. The van der Waals surface area contributed by atoms with E-state index in [1.807, 2.05) is 22.6 Å². The van der Waals surface area contributed by atoms with Crippen LogP contribution in [0.1, 0.15) is 10.4 Å². The molecule has 0 aromatic heterocycles. The molecule has 2 aromatic rings. The summed E-state index contributed by atoms with van der Waals surface area (Å²) in [5.74, 6) is -1.05. The van der Waals surface area contributed by atoms with Crippen molar-refractivity contribution in [3.8, 4) is 0 Å². The van der Waals surface area contributed by atoms with E-state index in [9.17, 15) is 19.3 Å². The van der Waals surface area contributed by atoms with E-state index in [0.717, 1.165) is 6.07 Å². The molecule has 0 radical (unpaired) electrons. The van der Waals surface area contributed by atoms with Crippen LogP contribution in [-0.4, -0.2) is 10.8 Å². The lowest BCUT2D eigenvalue weighted by Crippen LogP contribution is -2.14. The summed E-state index contributed by atoms with van der Waals surface area (Å²) in [5.41, 5.74) is -0.0752. The molecule has 1 N–H and O–H groups in total. The Morgan fingerprint density at radius 2 is 2.00 bits per heavy atom. The predicted molar refractivity (Wildman–Crippen MR) is 85.2 cm³/mol. The molecule has 108 valence electrons. The molecule has 0 bridgehead atoms. The fourth-order valence-electron chi connectivity index (χ4n) is 1.63. The van der Waals surface area contributed by atoms with E-state index >= 15 is 0 Å². The third-order valence-corrected chi connectivity index (χ3v) is 3.71. The Hall–Kier alpha value is -1.74. The van der Waals surface area contributed by atoms with E-state index in [1.165, 1.54) is 30.3 Å². The molecular formula is C13H7ClFIN2O3. The van der Waals surface area contributed by atoms with Crippen molar-refractivity contribution in [2.24, 2.45) is 0 Å². The zero-order chi connectivity index (χ0) is 15.6. The normalized spacial score (nSPS) is 10.2. The number of nitro benzene ring substituents is 1. The number of hydrogen-bond acceptors (Lipinski definition) is 3. The van der Waals surface area contributed by atoms with Gasteiger partial charge < -0.3 is 5.32 Å². The highest BCUT2D eigenvalue weighted by Gasteiger charge is 2.18. The number of carbonyl (C=O) groups excluding carboxylic acids is 1. The topological polar surface area (TPSA) is 72.2 Å². The minimum Gasteiger partial charge on any atom is -0.316 e. The molecule has 1 amide bonds. The van der Waals surface area contributed by atoms with Crippen LogP contribution < -0.4 is 5.32 Å². The number of amides is 1. The molecule has 0 atom stereocenters. The summed E-state index contributed by atoms with van der Waals surface area (Å²) in [6, 6.07) is 7.49. The van der Waals surface area contributed by atoms with Crippen LogP contribution >= 0.6 is 34.2 Å². The van der Waals surface area contributed by atoms with E-state index in [4.69, 9.17) is 11.6 Å². The van der Waals surface area contributed by atoms with E-state index in [0.29, 0.717) is 3.57 Å². The first-order chi connectivity index (χ1) is 9.88. The molecule has 0 aliphatic heterocycles. The number of nitro groups is 1. The molecule has 0 aliphatic rings. The van der Waals surface area contributed by atoms with Crippen molar-refractivity contribution in [3.05, 3.63) is 66.5 Å². The molecular weight excluding hydrogens is 414 g/mol. The fourth-order valence-corrected chi connectivity index (χ4v) is 2.53. The van der Waals surface area contributed by atoms with Gasteiger partial charge in [0.25, 0.3) is 11.6 Å². The first kappa shape index (κ1) is 15.6. The highest BCUT2D eigenvalue weighted by Crippen LogP contribution is 2.28. The predicted octanol–water partition coefficient (Wildman–Crippen LogP) is 4.24. The van der Waals surface area contributed by atoms with Gasteiger partial charge in [0.15, 0.2) is 0 Å². The van der Waals surface area contributed by atoms with Gasteiger partial charge in [0.05, 0.1) is 10.5 Å². The summed E-state index contributed by atoms with van der Waals surface area (Å²) in [6.07, 6.45) is 0. The van der Waals surface area contributed by atoms with Crippen LogP contribution in [0.4, 0.5) is 15.8 Å². The summed E-state index contributed by atoms with van der Waals surface area (Å²) in [7, 11) is 0. The SMILES string of the molecule is O=C(Nc1cc(Cl)ccc1[N+](=O)[O-])c1ccc(F)cc1I. The number of hydrogen-bond donors (Lipinski definition) is 1. The average Bonchev–Trinajstić information content (AvgIpc) is 2.37. The molecule has 0 saturated carbocycles. The standard InChI is InChI=1S/C13H7ClFIN2O3/c14-7-1-4-12(18(20)21)11(5-7)17-13(19)9-3-2-8(15)6-10(9)16/h1-6H,(H,17,19). The van der Waals surface area contributed by atoms with Gasteiger partial charge >= 0.3 is 0 Å². The van der Waals surface area contributed by atoms with Gasteiger partial charge in [-0.1, -0.05) is 11.6 Å². The first-order valence-electron chi connectivity index (χ1n) is 5.59. The molecule has 5 nitrogen and oxygen atoms in total. The smallest absolute Gasteiger partial charge is 0.292 e. The van der Waals surface area contributed by atoms with Crippen molar-refractivity contribution < 1.29 is 14.1 Å². The minimum absolute atomic E-state index is 0.0161. The van der Waals surface area contributed by atoms with Crippen LogP contribution in [0.25, 0.3) is 0 Å². The van der Waals surface area contributed by atoms with Gasteiger partial charge in [-0.2, -0.15) is 0 Å². The molecule has 21 heavy (non-hydrogen) atoms. The molecule has 0 spiro atoms. The van der Waals surface area contributed by atoms with Crippen molar-refractivity contribution in [3.63, 3.8) is 0 Å². The summed E-state index contributed by atoms with van der Waals surface area (Å²) >= 11 is 7.59. The van der Waals surface area contributed by atoms with Gasteiger partial charge in [-0.05, 0) is 52.9 Å². The van der Waals surface area contributed by atoms with E-state index < -0.39 is 16.6 Å². The lowest BCUT2D eigenvalue weighted by molar-refractivity contribution is -0.383. The fraction of sp³-hybridized carbons (Fsp3) is 0. The summed E-state index contributed by atoms with van der Waals surface area (Å²) in [6.45, 7) is 0. The number of nitrogens with zero attached hydrogens (tertiary/aromatic N) is 1. The van der Waals surface area contributed by atoms with Crippen molar-refractivity contribution in [2.75, 3.05) is 5.32 Å². The lowest BCUT2D eigenvalue weighted by Gasteiger charge is -2.08. The molecule has 2 aromatic carbocycles. The second-order valence-corrected chi connectivity index (χ2v) is 5.60. The highest BCUT2D eigenvalue weighted by molar-refractivity contribution is 14.1. The summed E-state index contributed by atoms with van der Waals surface area (Å²) in [4.78, 5) is 22.4. The Morgan fingerprint density at radius 3 is 2.62 bits per heavy atom. The third kappa shape index (κ3) is 3.67. The van der Waals surface area contributed by atoms with Crippen molar-refractivity contribution >= 4 is 51.5 Å². The van der Waals surface area contributed by atoms with Crippen molar-refractivity contribution in [2.45, 2.75) is 0 Å². The molecule has 0 heterocycles. The number of benzene rings is 2. The first-order valence-corrected chi connectivity index (χ1v) is 7.04. The Balaban J connectivity index is 2.35. The van der Waals surface area contributed by atoms with Crippen LogP contribution in [0.5, 0.6) is 0 Å². The maximum atomic E-state index is 13.0. The van der Waals surface area contributed by atoms with Crippen LogP contribution in [0, 0.1) is 19.5 Å². The monoisotopic (exact) mass is 420 g/mol. The Bertz CT molecular complexity index is 739.